The Balaban J connectivity index is 3.28. The Hall–Kier alpha value is -1.22. The van der Waals surface area contributed by atoms with Crippen LogP contribution in [0.15, 0.2) is 6.07 Å². The minimum atomic E-state index is -0.931. The molecular formula is C13H17ClO3. The smallest absolute Gasteiger partial charge is 0.309 e. The zero-order chi connectivity index (χ0) is 13.4. The number of rotatable bonds is 3. The fourth-order valence-corrected chi connectivity index (χ4v) is 1.94. The number of benzene rings is 1. The molecule has 3 nitrogen and oxygen atoms in total. The fourth-order valence-electron chi connectivity index (χ4n) is 1.66. The molecule has 0 amide bonds. The van der Waals surface area contributed by atoms with Crippen LogP contribution in [-0.4, -0.2) is 16.2 Å². The molecule has 0 saturated heterocycles. The second kappa shape index (κ2) is 4.57. The number of hydrogen-bond acceptors (Lipinski definition) is 2. The van der Waals surface area contributed by atoms with Gasteiger partial charge in [0.2, 0.25) is 0 Å². The van der Waals surface area contributed by atoms with E-state index < -0.39 is 11.4 Å². The summed E-state index contributed by atoms with van der Waals surface area (Å²) in [7, 11) is 0. The molecule has 0 atom stereocenters. The first-order valence-corrected chi connectivity index (χ1v) is 5.75. The monoisotopic (exact) mass is 256 g/mol. The Morgan fingerprint density at radius 1 is 1.41 bits per heavy atom. The van der Waals surface area contributed by atoms with Gasteiger partial charge in [-0.1, -0.05) is 11.6 Å². The molecule has 0 aliphatic heterocycles. The van der Waals surface area contributed by atoms with Crippen LogP contribution in [-0.2, 0) is 11.2 Å². The maximum absolute atomic E-state index is 11.1. The van der Waals surface area contributed by atoms with Gasteiger partial charge in [0, 0.05) is 0 Å². The van der Waals surface area contributed by atoms with Gasteiger partial charge in [-0.25, -0.2) is 0 Å². The molecular weight excluding hydrogens is 240 g/mol. The zero-order valence-corrected chi connectivity index (χ0v) is 11.2. The number of hydrogen-bond donors (Lipinski definition) is 2. The standard InChI is InChI=1S/C13H17ClO3/c1-7-5-10(14)11(15)9(8(7)2)6-13(3,4)12(16)17/h5,15H,6H2,1-4H3,(H,16,17). The predicted molar refractivity (Wildman–Crippen MR) is 67.7 cm³/mol. The van der Waals surface area contributed by atoms with Gasteiger partial charge in [-0.3, -0.25) is 4.79 Å². The number of phenols is 1. The van der Waals surface area contributed by atoms with Crippen LogP contribution in [0, 0.1) is 19.3 Å². The first-order valence-electron chi connectivity index (χ1n) is 5.37. The Morgan fingerprint density at radius 2 is 1.94 bits per heavy atom. The predicted octanol–water partition coefficient (Wildman–Crippen LogP) is 3.32. The van der Waals surface area contributed by atoms with Gasteiger partial charge < -0.3 is 10.2 Å². The topological polar surface area (TPSA) is 57.5 Å². The summed E-state index contributed by atoms with van der Waals surface area (Å²) in [6, 6.07) is 1.68. The van der Waals surface area contributed by atoms with Crippen molar-refractivity contribution in [3.05, 3.63) is 27.8 Å². The largest absolute Gasteiger partial charge is 0.506 e. The van der Waals surface area contributed by atoms with Crippen molar-refractivity contribution < 1.29 is 15.0 Å². The van der Waals surface area contributed by atoms with Gasteiger partial charge in [0.15, 0.2) is 0 Å². The van der Waals surface area contributed by atoms with Crippen molar-refractivity contribution in [2.45, 2.75) is 34.1 Å². The van der Waals surface area contributed by atoms with Gasteiger partial charge >= 0.3 is 5.97 Å². The minimum absolute atomic E-state index is 0.0101. The molecule has 0 saturated carbocycles. The molecule has 2 N–H and O–H groups in total. The number of halogens is 1. The van der Waals surface area contributed by atoms with Crippen molar-refractivity contribution in [2.24, 2.45) is 5.41 Å². The van der Waals surface area contributed by atoms with Gasteiger partial charge in [0.25, 0.3) is 0 Å². The van der Waals surface area contributed by atoms with Crippen LogP contribution in [0.3, 0.4) is 0 Å². The summed E-state index contributed by atoms with van der Waals surface area (Å²) in [5, 5.41) is 19.3. The molecule has 0 aliphatic rings. The van der Waals surface area contributed by atoms with Gasteiger partial charge in [-0.2, -0.15) is 0 Å². The van der Waals surface area contributed by atoms with Crippen molar-refractivity contribution in [3.8, 4) is 5.75 Å². The Labute approximate surface area is 106 Å². The van der Waals surface area contributed by atoms with Crippen LogP contribution in [0.5, 0.6) is 5.75 Å². The van der Waals surface area contributed by atoms with Gasteiger partial charge in [0.05, 0.1) is 10.4 Å². The van der Waals surface area contributed by atoms with Crippen LogP contribution in [0.1, 0.15) is 30.5 Å². The molecule has 4 heteroatoms. The van der Waals surface area contributed by atoms with Crippen LogP contribution in [0.4, 0.5) is 0 Å². The summed E-state index contributed by atoms with van der Waals surface area (Å²) in [5.41, 5.74) is 1.52. The van der Waals surface area contributed by atoms with Crippen LogP contribution < -0.4 is 0 Å². The normalized spacial score (nSPS) is 11.6. The average molecular weight is 257 g/mol. The number of carboxylic acids is 1. The second-order valence-electron chi connectivity index (χ2n) is 4.99. The highest BCUT2D eigenvalue weighted by molar-refractivity contribution is 6.32. The van der Waals surface area contributed by atoms with Crippen molar-refractivity contribution in [1.82, 2.24) is 0 Å². The lowest BCUT2D eigenvalue weighted by atomic mass is 9.83. The molecule has 1 aromatic carbocycles. The molecule has 0 unspecified atom stereocenters. The van der Waals surface area contributed by atoms with E-state index in [0.717, 1.165) is 11.1 Å². The Bertz CT molecular complexity index is 438. The average Bonchev–Trinajstić information content (AvgIpc) is 2.21. The quantitative estimate of drug-likeness (QED) is 0.872. The van der Waals surface area contributed by atoms with Crippen LogP contribution in [0.25, 0.3) is 0 Å². The summed E-state index contributed by atoms with van der Waals surface area (Å²) in [5.74, 6) is -0.905. The lowest BCUT2D eigenvalue weighted by molar-refractivity contribution is -0.146. The van der Waals surface area contributed by atoms with E-state index in [2.05, 4.69) is 0 Å². The van der Waals surface area contributed by atoms with E-state index in [0.29, 0.717) is 5.56 Å². The van der Waals surface area contributed by atoms with E-state index >= 15 is 0 Å². The minimum Gasteiger partial charge on any atom is -0.506 e. The van der Waals surface area contributed by atoms with Crippen molar-refractivity contribution in [1.29, 1.82) is 0 Å². The summed E-state index contributed by atoms with van der Waals surface area (Å²) < 4.78 is 0. The molecule has 0 radical (unpaired) electrons. The maximum Gasteiger partial charge on any atom is 0.309 e. The van der Waals surface area contributed by atoms with E-state index in [4.69, 9.17) is 16.7 Å². The van der Waals surface area contributed by atoms with E-state index in [1.165, 1.54) is 0 Å². The summed E-state index contributed by atoms with van der Waals surface area (Å²) >= 11 is 5.90. The maximum atomic E-state index is 11.1. The first kappa shape index (κ1) is 13.8. The lowest BCUT2D eigenvalue weighted by Crippen LogP contribution is -2.26. The third kappa shape index (κ3) is 2.72. The lowest BCUT2D eigenvalue weighted by Gasteiger charge is -2.22. The summed E-state index contributed by atoms with van der Waals surface area (Å²) in [6.07, 6.45) is 0.251. The Kier molecular flexibility index (Phi) is 3.72. The van der Waals surface area contributed by atoms with E-state index in [1.807, 2.05) is 13.8 Å². The first-order chi connectivity index (χ1) is 7.66. The molecule has 0 spiro atoms. The second-order valence-corrected chi connectivity index (χ2v) is 5.40. The molecule has 0 heterocycles. The molecule has 1 rings (SSSR count). The van der Waals surface area contributed by atoms with Crippen LogP contribution >= 0.6 is 11.6 Å². The molecule has 0 fully saturated rings. The number of aliphatic carboxylic acids is 1. The highest BCUT2D eigenvalue weighted by Gasteiger charge is 2.30. The van der Waals surface area contributed by atoms with Crippen molar-refractivity contribution in [3.63, 3.8) is 0 Å². The van der Waals surface area contributed by atoms with Crippen LogP contribution in [0.2, 0.25) is 5.02 Å². The summed E-state index contributed by atoms with van der Waals surface area (Å²) in [4.78, 5) is 11.1. The molecule has 0 aromatic heterocycles. The van der Waals surface area contributed by atoms with E-state index in [1.54, 1.807) is 19.9 Å². The third-order valence-electron chi connectivity index (χ3n) is 3.10. The van der Waals surface area contributed by atoms with Crippen molar-refractivity contribution >= 4 is 17.6 Å². The third-order valence-corrected chi connectivity index (χ3v) is 3.39. The number of aryl methyl sites for hydroxylation is 1. The molecule has 1 aromatic rings. The SMILES string of the molecule is Cc1cc(Cl)c(O)c(CC(C)(C)C(=O)O)c1C. The van der Waals surface area contributed by atoms with Gasteiger partial charge in [-0.15, -0.1) is 0 Å². The van der Waals surface area contributed by atoms with Crippen molar-refractivity contribution in [2.75, 3.05) is 0 Å². The highest BCUT2D eigenvalue weighted by Crippen LogP contribution is 2.36. The number of carboxylic acid groups (broad SMARTS) is 1. The number of carbonyl (C=O) groups is 1. The highest BCUT2D eigenvalue weighted by atomic mass is 35.5. The number of phenolic OH excluding ortho intramolecular Hbond substituents is 1. The van der Waals surface area contributed by atoms with E-state index in [-0.39, 0.29) is 17.2 Å². The molecule has 0 bridgehead atoms. The fraction of sp³-hybridized carbons (Fsp3) is 0.462. The van der Waals surface area contributed by atoms with Gasteiger partial charge in [-0.05, 0) is 56.9 Å². The van der Waals surface area contributed by atoms with E-state index in [9.17, 15) is 9.90 Å². The van der Waals surface area contributed by atoms with Gasteiger partial charge in [0.1, 0.15) is 5.75 Å². The summed E-state index contributed by atoms with van der Waals surface area (Å²) in [6.45, 7) is 7.01. The molecule has 0 aliphatic carbocycles. The molecule has 17 heavy (non-hydrogen) atoms. The Morgan fingerprint density at radius 3 is 2.41 bits per heavy atom. The molecule has 94 valence electrons. The zero-order valence-electron chi connectivity index (χ0n) is 10.5. The number of aromatic hydroxyl groups is 1.